The molecule has 1 aliphatic rings. The fourth-order valence-electron chi connectivity index (χ4n) is 2.99. The summed E-state index contributed by atoms with van der Waals surface area (Å²) in [5.74, 6) is 2.03. The van der Waals surface area contributed by atoms with Gasteiger partial charge in [0.25, 0.3) is 5.91 Å². The van der Waals surface area contributed by atoms with E-state index in [1.807, 2.05) is 48.7 Å². The van der Waals surface area contributed by atoms with E-state index in [0.717, 1.165) is 11.4 Å². The van der Waals surface area contributed by atoms with Gasteiger partial charge in [-0.05, 0) is 24.3 Å². The average molecular weight is 394 g/mol. The summed E-state index contributed by atoms with van der Waals surface area (Å²) in [4.78, 5) is 14.0. The minimum Gasteiger partial charge on any atom is -0.497 e. The standard InChI is InChI=1S/C21H22N4O4/c1-27-19-8-5-9-20(10-19)29-15-21(26)24-12-17(13-24)25-11-16(22-23-25)14-28-18-6-3-2-4-7-18/h2-11,17H,12-15H2,1H3. The molecule has 0 bridgehead atoms. The van der Waals surface area contributed by atoms with Crippen molar-refractivity contribution in [3.8, 4) is 17.2 Å². The lowest BCUT2D eigenvalue weighted by molar-refractivity contribution is -0.139. The molecule has 0 unspecified atom stereocenters. The molecule has 8 nitrogen and oxygen atoms in total. The van der Waals surface area contributed by atoms with Crippen molar-refractivity contribution in [1.29, 1.82) is 0 Å². The fraction of sp³-hybridized carbons (Fsp3) is 0.286. The normalized spacial score (nSPS) is 13.6. The van der Waals surface area contributed by atoms with Crippen LogP contribution >= 0.6 is 0 Å². The first-order valence-electron chi connectivity index (χ1n) is 9.34. The summed E-state index contributed by atoms with van der Waals surface area (Å²) >= 11 is 0. The van der Waals surface area contributed by atoms with Crippen molar-refractivity contribution in [1.82, 2.24) is 19.9 Å². The molecule has 1 fully saturated rings. The number of hydrogen-bond donors (Lipinski definition) is 0. The van der Waals surface area contributed by atoms with Crippen LogP contribution < -0.4 is 14.2 Å². The van der Waals surface area contributed by atoms with E-state index in [9.17, 15) is 4.79 Å². The van der Waals surface area contributed by atoms with Gasteiger partial charge in [-0.15, -0.1) is 5.10 Å². The van der Waals surface area contributed by atoms with Gasteiger partial charge in [0.2, 0.25) is 0 Å². The number of nitrogens with zero attached hydrogens (tertiary/aromatic N) is 4. The number of methoxy groups -OCH3 is 1. The lowest BCUT2D eigenvalue weighted by Crippen LogP contribution is -2.52. The maximum atomic E-state index is 12.3. The molecule has 2 heterocycles. The van der Waals surface area contributed by atoms with Gasteiger partial charge in [-0.2, -0.15) is 0 Å². The van der Waals surface area contributed by atoms with Crippen LogP contribution in [0.5, 0.6) is 17.2 Å². The Morgan fingerprint density at radius 3 is 2.59 bits per heavy atom. The van der Waals surface area contributed by atoms with Crippen LogP contribution in [0.25, 0.3) is 0 Å². The van der Waals surface area contributed by atoms with E-state index in [1.54, 1.807) is 28.8 Å². The maximum absolute atomic E-state index is 12.3. The second-order valence-electron chi connectivity index (χ2n) is 6.71. The number of hydrogen-bond acceptors (Lipinski definition) is 6. The predicted molar refractivity (Wildman–Crippen MR) is 105 cm³/mol. The van der Waals surface area contributed by atoms with Gasteiger partial charge in [0.1, 0.15) is 29.5 Å². The minimum atomic E-state index is -0.0585. The molecule has 0 radical (unpaired) electrons. The van der Waals surface area contributed by atoms with Gasteiger partial charge in [0.05, 0.1) is 19.3 Å². The third kappa shape index (κ3) is 4.66. The topological polar surface area (TPSA) is 78.7 Å². The Morgan fingerprint density at radius 1 is 1.03 bits per heavy atom. The number of rotatable bonds is 8. The number of carbonyl (C=O) groups is 1. The van der Waals surface area contributed by atoms with Crippen LogP contribution in [0.3, 0.4) is 0 Å². The van der Waals surface area contributed by atoms with Gasteiger partial charge in [-0.1, -0.05) is 29.5 Å². The zero-order valence-electron chi connectivity index (χ0n) is 16.1. The summed E-state index contributed by atoms with van der Waals surface area (Å²) in [6.07, 6.45) is 1.86. The second kappa shape index (κ2) is 8.64. The molecule has 1 aliphatic heterocycles. The van der Waals surface area contributed by atoms with Crippen LogP contribution in [-0.2, 0) is 11.4 Å². The summed E-state index contributed by atoms with van der Waals surface area (Å²) in [6, 6.07) is 16.9. The maximum Gasteiger partial charge on any atom is 0.260 e. The molecule has 2 aromatic carbocycles. The summed E-state index contributed by atoms with van der Waals surface area (Å²) in [5.41, 5.74) is 0.750. The third-order valence-corrected chi connectivity index (χ3v) is 4.68. The van der Waals surface area contributed by atoms with Gasteiger partial charge in [0.15, 0.2) is 6.61 Å². The van der Waals surface area contributed by atoms with Crippen LogP contribution in [0.2, 0.25) is 0 Å². The first-order valence-corrected chi connectivity index (χ1v) is 9.34. The predicted octanol–water partition coefficient (Wildman–Crippen LogP) is 2.33. The van der Waals surface area contributed by atoms with Crippen molar-refractivity contribution in [3.05, 3.63) is 66.5 Å². The number of amides is 1. The Balaban J connectivity index is 1.22. The molecule has 1 aromatic heterocycles. The molecule has 0 N–H and O–H groups in total. The van der Waals surface area contributed by atoms with Crippen LogP contribution in [-0.4, -0.2) is 52.6 Å². The van der Waals surface area contributed by atoms with Crippen LogP contribution in [0.1, 0.15) is 11.7 Å². The number of likely N-dealkylation sites (tertiary alicyclic amines) is 1. The zero-order chi connectivity index (χ0) is 20.1. The first kappa shape index (κ1) is 18.8. The number of ether oxygens (including phenoxy) is 3. The molecular weight excluding hydrogens is 372 g/mol. The molecule has 1 saturated heterocycles. The highest BCUT2D eigenvalue weighted by molar-refractivity contribution is 5.78. The lowest BCUT2D eigenvalue weighted by Gasteiger charge is -2.38. The summed E-state index contributed by atoms with van der Waals surface area (Å²) in [5, 5.41) is 8.30. The molecule has 0 atom stereocenters. The van der Waals surface area contributed by atoms with Crippen LogP contribution in [0.15, 0.2) is 60.8 Å². The second-order valence-corrected chi connectivity index (χ2v) is 6.71. The quantitative estimate of drug-likeness (QED) is 0.584. The van der Waals surface area contributed by atoms with Crippen molar-refractivity contribution in [3.63, 3.8) is 0 Å². The molecule has 0 saturated carbocycles. The SMILES string of the molecule is COc1cccc(OCC(=O)N2CC(n3cc(COc4ccccc4)nn3)C2)c1. The van der Waals surface area contributed by atoms with E-state index >= 15 is 0 Å². The van der Waals surface area contributed by atoms with Crippen molar-refractivity contribution in [2.45, 2.75) is 12.6 Å². The third-order valence-electron chi connectivity index (χ3n) is 4.68. The van der Waals surface area contributed by atoms with Crippen molar-refractivity contribution in [2.24, 2.45) is 0 Å². The average Bonchev–Trinajstić information content (AvgIpc) is 3.19. The number of benzene rings is 2. The van der Waals surface area contributed by atoms with E-state index in [0.29, 0.717) is 31.2 Å². The lowest BCUT2D eigenvalue weighted by atomic mass is 10.1. The Labute approximate surface area is 168 Å². The molecule has 4 rings (SSSR count). The molecule has 0 spiro atoms. The molecule has 1 amide bonds. The monoisotopic (exact) mass is 394 g/mol. The molecule has 8 heteroatoms. The Bertz CT molecular complexity index is 954. The van der Waals surface area contributed by atoms with Gasteiger partial charge in [-0.25, -0.2) is 4.68 Å². The van der Waals surface area contributed by atoms with Crippen molar-refractivity contribution >= 4 is 5.91 Å². The van der Waals surface area contributed by atoms with Gasteiger partial charge in [-0.3, -0.25) is 4.79 Å². The van der Waals surface area contributed by atoms with E-state index in [-0.39, 0.29) is 18.6 Å². The van der Waals surface area contributed by atoms with E-state index in [4.69, 9.17) is 14.2 Å². The number of aromatic nitrogens is 3. The molecule has 150 valence electrons. The Hall–Kier alpha value is -3.55. The first-order chi connectivity index (χ1) is 14.2. The highest BCUT2D eigenvalue weighted by Crippen LogP contribution is 2.22. The largest absolute Gasteiger partial charge is 0.497 e. The fourth-order valence-corrected chi connectivity index (χ4v) is 2.99. The Morgan fingerprint density at radius 2 is 1.79 bits per heavy atom. The molecule has 29 heavy (non-hydrogen) atoms. The Kier molecular flexibility index (Phi) is 5.60. The van der Waals surface area contributed by atoms with Crippen LogP contribution in [0.4, 0.5) is 0 Å². The highest BCUT2D eigenvalue weighted by atomic mass is 16.5. The van der Waals surface area contributed by atoms with Gasteiger partial charge in [0, 0.05) is 19.2 Å². The van der Waals surface area contributed by atoms with Crippen molar-refractivity contribution in [2.75, 3.05) is 26.8 Å². The van der Waals surface area contributed by atoms with Crippen molar-refractivity contribution < 1.29 is 19.0 Å². The number of para-hydroxylation sites is 1. The van der Waals surface area contributed by atoms with Crippen LogP contribution in [0, 0.1) is 0 Å². The highest BCUT2D eigenvalue weighted by Gasteiger charge is 2.32. The van der Waals surface area contributed by atoms with Gasteiger partial charge >= 0.3 is 0 Å². The number of carbonyl (C=O) groups excluding carboxylic acids is 1. The molecule has 0 aliphatic carbocycles. The molecule has 3 aromatic rings. The van der Waals surface area contributed by atoms with E-state index < -0.39 is 0 Å². The van der Waals surface area contributed by atoms with E-state index in [2.05, 4.69) is 10.3 Å². The van der Waals surface area contributed by atoms with Gasteiger partial charge < -0.3 is 19.1 Å². The molecular formula is C21H22N4O4. The summed E-state index contributed by atoms with van der Waals surface area (Å²) in [6.45, 7) is 1.52. The van der Waals surface area contributed by atoms with E-state index in [1.165, 1.54) is 0 Å². The smallest absolute Gasteiger partial charge is 0.260 e. The summed E-state index contributed by atoms with van der Waals surface area (Å²) in [7, 11) is 1.59. The zero-order valence-corrected chi connectivity index (χ0v) is 16.1. The summed E-state index contributed by atoms with van der Waals surface area (Å²) < 4.78 is 18.2. The minimum absolute atomic E-state index is 0.00654.